The molecule has 0 spiro atoms. The molecule has 80 valence electrons. The third kappa shape index (κ3) is 2.23. The molecular weight excluding hydrogens is 196 g/mol. The van der Waals surface area contributed by atoms with Gasteiger partial charge in [0.05, 0.1) is 12.6 Å². The quantitative estimate of drug-likeness (QED) is 0.758. The average molecular weight is 214 g/mol. The molecule has 0 aromatic heterocycles. The summed E-state index contributed by atoms with van der Waals surface area (Å²) in [6.45, 7) is 6.15. The molecule has 2 saturated heterocycles. The molecule has 2 heterocycles. The van der Waals surface area contributed by atoms with Gasteiger partial charge in [-0.25, -0.2) is 0 Å². The van der Waals surface area contributed by atoms with Crippen molar-refractivity contribution in [1.29, 1.82) is 0 Å². The molecule has 2 aliphatic heterocycles. The van der Waals surface area contributed by atoms with Crippen molar-refractivity contribution >= 4 is 16.9 Å². The molecule has 0 radical (unpaired) electrons. The minimum atomic E-state index is 0.253. The molecule has 0 aliphatic carbocycles. The summed E-state index contributed by atoms with van der Waals surface area (Å²) < 4.78 is 5.30. The van der Waals surface area contributed by atoms with E-state index in [1.54, 1.807) is 0 Å². The second kappa shape index (κ2) is 4.11. The van der Waals surface area contributed by atoms with Gasteiger partial charge in [-0.3, -0.25) is 4.99 Å². The Morgan fingerprint density at radius 2 is 2.57 bits per heavy atom. The standard InChI is InChI=1S/C10H18N2OS/c1-3-10(2)7-14-9(12-10)11-8-4-5-13-6-8/h8H,3-7H2,1-2H3,(H,11,12). The predicted molar refractivity (Wildman–Crippen MR) is 60.9 cm³/mol. The Kier molecular flexibility index (Phi) is 3.02. The average Bonchev–Trinajstić information content (AvgIpc) is 2.78. The normalized spacial score (nSPS) is 40.4. The van der Waals surface area contributed by atoms with Crippen molar-refractivity contribution in [2.45, 2.75) is 38.3 Å². The minimum absolute atomic E-state index is 0.253. The zero-order valence-electron chi connectivity index (χ0n) is 8.88. The molecule has 0 bridgehead atoms. The summed E-state index contributed by atoms with van der Waals surface area (Å²) in [5.41, 5.74) is 0.253. The molecule has 4 heteroatoms. The van der Waals surface area contributed by atoms with Crippen molar-refractivity contribution in [1.82, 2.24) is 5.32 Å². The summed E-state index contributed by atoms with van der Waals surface area (Å²) in [5.74, 6) is 1.13. The van der Waals surface area contributed by atoms with Gasteiger partial charge in [0, 0.05) is 17.9 Å². The summed E-state index contributed by atoms with van der Waals surface area (Å²) in [7, 11) is 0. The van der Waals surface area contributed by atoms with E-state index in [1.807, 2.05) is 11.8 Å². The first-order valence-electron chi connectivity index (χ1n) is 5.28. The van der Waals surface area contributed by atoms with Gasteiger partial charge in [-0.05, 0) is 19.8 Å². The van der Waals surface area contributed by atoms with Gasteiger partial charge in [0.25, 0.3) is 0 Å². The summed E-state index contributed by atoms with van der Waals surface area (Å²) in [5, 5.41) is 4.62. The number of thioether (sulfide) groups is 1. The minimum Gasteiger partial charge on any atom is -0.379 e. The number of rotatable bonds is 2. The first-order valence-corrected chi connectivity index (χ1v) is 6.27. The Hall–Kier alpha value is -0.220. The lowest BCUT2D eigenvalue weighted by molar-refractivity contribution is 0.194. The van der Waals surface area contributed by atoms with Gasteiger partial charge in [-0.1, -0.05) is 18.7 Å². The maximum Gasteiger partial charge on any atom is 0.157 e. The molecule has 2 rings (SSSR count). The van der Waals surface area contributed by atoms with E-state index in [9.17, 15) is 0 Å². The maximum atomic E-state index is 5.30. The third-order valence-electron chi connectivity index (χ3n) is 2.92. The highest BCUT2D eigenvalue weighted by Gasteiger charge is 2.31. The number of hydrogen-bond donors (Lipinski definition) is 1. The number of aliphatic imine (C=N–C) groups is 1. The summed E-state index contributed by atoms with van der Waals surface area (Å²) in [4.78, 5) is 4.66. The second-order valence-corrected chi connectivity index (χ2v) is 5.24. The van der Waals surface area contributed by atoms with Crippen molar-refractivity contribution in [3.8, 4) is 0 Å². The smallest absolute Gasteiger partial charge is 0.157 e. The van der Waals surface area contributed by atoms with Crippen LogP contribution in [0.15, 0.2) is 4.99 Å². The van der Waals surface area contributed by atoms with Crippen LogP contribution in [0.3, 0.4) is 0 Å². The lowest BCUT2D eigenvalue weighted by Crippen LogP contribution is -2.40. The van der Waals surface area contributed by atoms with E-state index < -0.39 is 0 Å². The first kappa shape index (κ1) is 10.3. The zero-order chi connectivity index (χ0) is 10.0. The molecule has 2 unspecified atom stereocenters. The third-order valence-corrected chi connectivity index (χ3v) is 4.18. The molecule has 14 heavy (non-hydrogen) atoms. The van der Waals surface area contributed by atoms with Crippen LogP contribution in [-0.4, -0.2) is 35.7 Å². The van der Waals surface area contributed by atoms with Crippen LogP contribution in [0.5, 0.6) is 0 Å². The van der Waals surface area contributed by atoms with Crippen molar-refractivity contribution < 1.29 is 4.74 Å². The van der Waals surface area contributed by atoms with Crippen molar-refractivity contribution in [2.75, 3.05) is 19.0 Å². The van der Waals surface area contributed by atoms with Crippen LogP contribution in [0.25, 0.3) is 0 Å². The van der Waals surface area contributed by atoms with Gasteiger partial charge < -0.3 is 10.1 Å². The Labute approximate surface area is 89.7 Å². The van der Waals surface area contributed by atoms with Gasteiger partial charge >= 0.3 is 0 Å². The summed E-state index contributed by atoms with van der Waals surface area (Å²) in [6, 6.07) is 0.393. The summed E-state index contributed by atoms with van der Waals surface area (Å²) in [6.07, 6.45) is 2.23. The first-order chi connectivity index (χ1) is 6.72. The van der Waals surface area contributed by atoms with Gasteiger partial charge in [-0.15, -0.1) is 0 Å². The van der Waals surface area contributed by atoms with Crippen LogP contribution in [0.2, 0.25) is 0 Å². The molecule has 3 nitrogen and oxygen atoms in total. The molecule has 1 N–H and O–H groups in total. The highest BCUT2D eigenvalue weighted by molar-refractivity contribution is 8.14. The molecule has 0 aromatic rings. The van der Waals surface area contributed by atoms with Crippen LogP contribution >= 0.6 is 11.8 Å². The Morgan fingerprint density at radius 3 is 3.14 bits per heavy atom. The number of nitrogens with one attached hydrogen (secondary N) is 1. The zero-order valence-corrected chi connectivity index (χ0v) is 9.69. The Morgan fingerprint density at radius 1 is 1.71 bits per heavy atom. The molecule has 0 saturated carbocycles. The SMILES string of the molecule is CCC1(C)CSC(=NC2CCOC2)N1. The lowest BCUT2D eigenvalue weighted by atomic mass is 10.0. The molecule has 0 amide bonds. The monoisotopic (exact) mass is 214 g/mol. The highest BCUT2D eigenvalue weighted by atomic mass is 32.2. The van der Waals surface area contributed by atoms with Crippen LogP contribution in [0.4, 0.5) is 0 Å². The van der Waals surface area contributed by atoms with E-state index >= 15 is 0 Å². The van der Waals surface area contributed by atoms with E-state index in [0.717, 1.165) is 37.0 Å². The number of hydrogen-bond acceptors (Lipinski definition) is 3. The topological polar surface area (TPSA) is 33.6 Å². The van der Waals surface area contributed by atoms with Gasteiger partial charge in [0.2, 0.25) is 0 Å². The lowest BCUT2D eigenvalue weighted by Gasteiger charge is -2.21. The van der Waals surface area contributed by atoms with E-state index in [0.29, 0.717) is 6.04 Å². The molecule has 2 aliphatic rings. The van der Waals surface area contributed by atoms with Crippen LogP contribution in [-0.2, 0) is 4.74 Å². The molecular formula is C10H18N2OS. The second-order valence-electron chi connectivity index (χ2n) is 4.28. The van der Waals surface area contributed by atoms with Crippen molar-refractivity contribution in [2.24, 2.45) is 4.99 Å². The fraction of sp³-hybridized carbons (Fsp3) is 0.900. The predicted octanol–water partition coefficient (Wildman–Crippen LogP) is 1.64. The van der Waals surface area contributed by atoms with Crippen molar-refractivity contribution in [3.05, 3.63) is 0 Å². The molecule has 0 aromatic carbocycles. The van der Waals surface area contributed by atoms with E-state index in [4.69, 9.17) is 4.74 Å². The number of ether oxygens (including phenoxy) is 1. The largest absolute Gasteiger partial charge is 0.379 e. The van der Waals surface area contributed by atoms with Gasteiger partial charge in [0.15, 0.2) is 5.17 Å². The van der Waals surface area contributed by atoms with Gasteiger partial charge in [-0.2, -0.15) is 0 Å². The van der Waals surface area contributed by atoms with E-state index in [-0.39, 0.29) is 5.54 Å². The molecule has 2 fully saturated rings. The molecule has 2 atom stereocenters. The van der Waals surface area contributed by atoms with E-state index in [2.05, 4.69) is 24.2 Å². The Balaban J connectivity index is 1.93. The fourth-order valence-corrected chi connectivity index (χ4v) is 2.88. The number of nitrogens with zero attached hydrogens (tertiary/aromatic N) is 1. The van der Waals surface area contributed by atoms with Crippen LogP contribution < -0.4 is 5.32 Å². The Bertz CT molecular complexity index is 238. The summed E-state index contributed by atoms with van der Waals surface area (Å²) >= 11 is 1.84. The number of amidine groups is 1. The fourth-order valence-electron chi connectivity index (χ4n) is 1.61. The van der Waals surface area contributed by atoms with E-state index in [1.165, 1.54) is 0 Å². The van der Waals surface area contributed by atoms with Crippen molar-refractivity contribution in [3.63, 3.8) is 0 Å². The van der Waals surface area contributed by atoms with Crippen LogP contribution in [0, 0.1) is 0 Å². The maximum absolute atomic E-state index is 5.30. The van der Waals surface area contributed by atoms with Gasteiger partial charge in [0.1, 0.15) is 0 Å². The highest BCUT2D eigenvalue weighted by Crippen LogP contribution is 2.26. The van der Waals surface area contributed by atoms with Crippen LogP contribution in [0.1, 0.15) is 26.7 Å².